The first-order valence-corrected chi connectivity index (χ1v) is 8.37. The minimum Gasteiger partial charge on any atom is -0.495 e. The number of rotatable bonds is 5. The SMILES string of the molecule is COc1ccc(Br)cc1S(=O)(=O)NCC1CCCN1. The highest BCUT2D eigenvalue weighted by Gasteiger charge is 2.22. The van der Waals surface area contributed by atoms with Gasteiger partial charge in [0.25, 0.3) is 0 Å². The summed E-state index contributed by atoms with van der Waals surface area (Å²) in [6.45, 7) is 1.35. The summed E-state index contributed by atoms with van der Waals surface area (Å²) in [6, 6.07) is 5.14. The highest BCUT2D eigenvalue weighted by atomic mass is 79.9. The van der Waals surface area contributed by atoms with Gasteiger partial charge in [0.1, 0.15) is 10.6 Å². The first-order chi connectivity index (χ1) is 9.03. The van der Waals surface area contributed by atoms with Gasteiger partial charge in [-0.2, -0.15) is 0 Å². The van der Waals surface area contributed by atoms with Crippen LogP contribution in [-0.2, 0) is 10.0 Å². The molecule has 106 valence electrons. The van der Waals surface area contributed by atoms with Crippen molar-refractivity contribution in [1.29, 1.82) is 0 Å². The Balaban J connectivity index is 2.16. The van der Waals surface area contributed by atoms with Gasteiger partial charge in [0.2, 0.25) is 10.0 Å². The molecular weight excluding hydrogens is 332 g/mol. The molecule has 2 N–H and O–H groups in total. The van der Waals surface area contributed by atoms with Crippen molar-refractivity contribution in [3.8, 4) is 5.75 Å². The van der Waals surface area contributed by atoms with E-state index in [-0.39, 0.29) is 10.9 Å². The molecule has 1 aliphatic heterocycles. The van der Waals surface area contributed by atoms with Crippen molar-refractivity contribution < 1.29 is 13.2 Å². The number of methoxy groups -OCH3 is 1. The average Bonchev–Trinajstić information content (AvgIpc) is 2.89. The van der Waals surface area contributed by atoms with Crippen LogP contribution in [0, 0.1) is 0 Å². The van der Waals surface area contributed by atoms with Gasteiger partial charge in [-0.05, 0) is 37.6 Å². The Bertz CT molecular complexity index is 542. The van der Waals surface area contributed by atoms with Gasteiger partial charge < -0.3 is 10.1 Å². The number of halogens is 1. The van der Waals surface area contributed by atoms with Gasteiger partial charge >= 0.3 is 0 Å². The third kappa shape index (κ3) is 3.68. The summed E-state index contributed by atoms with van der Waals surface area (Å²) in [5, 5.41) is 3.25. The predicted molar refractivity (Wildman–Crippen MR) is 76.9 cm³/mol. The lowest BCUT2D eigenvalue weighted by atomic mass is 10.2. The standard InChI is InChI=1S/C12H17BrN2O3S/c1-18-11-5-4-9(13)7-12(11)19(16,17)15-8-10-3-2-6-14-10/h4-5,7,10,14-15H,2-3,6,8H2,1H3. The summed E-state index contributed by atoms with van der Waals surface area (Å²) >= 11 is 3.28. The van der Waals surface area contributed by atoms with Crippen LogP contribution in [0.5, 0.6) is 5.75 Å². The van der Waals surface area contributed by atoms with Crippen molar-refractivity contribution in [2.24, 2.45) is 0 Å². The second-order valence-electron chi connectivity index (χ2n) is 4.44. The molecule has 1 saturated heterocycles. The van der Waals surface area contributed by atoms with Crippen molar-refractivity contribution in [1.82, 2.24) is 10.0 Å². The first kappa shape index (κ1) is 14.8. The molecule has 1 atom stereocenters. The fourth-order valence-electron chi connectivity index (χ4n) is 2.08. The van der Waals surface area contributed by atoms with E-state index in [0.29, 0.717) is 16.8 Å². The Kier molecular flexibility index (Phi) is 4.83. The Morgan fingerprint density at radius 2 is 2.32 bits per heavy atom. The molecule has 1 unspecified atom stereocenters. The van der Waals surface area contributed by atoms with Crippen molar-refractivity contribution in [3.05, 3.63) is 22.7 Å². The molecule has 1 aromatic carbocycles. The Morgan fingerprint density at radius 1 is 1.53 bits per heavy atom. The molecule has 0 spiro atoms. The molecule has 7 heteroatoms. The van der Waals surface area contributed by atoms with Gasteiger partial charge in [0.15, 0.2) is 0 Å². The number of benzene rings is 1. The summed E-state index contributed by atoms with van der Waals surface area (Å²) in [5.74, 6) is 0.343. The Labute approximate surface area is 121 Å². The summed E-state index contributed by atoms with van der Waals surface area (Å²) in [6.07, 6.45) is 2.09. The number of hydrogen-bond acceptors (Lipinski definition) is 4. The van der Waals surface area contributed by atoms with Crippen molar-refractivity contribution in [3.63, 3.8) is 0 Å². The van der Waals surface area contributed by atoms with Crippen LogP contribution in [0.25, 0.3) is 0 Å². The molecule has 0 saturated carbocycles. The van der Waals surface area contributed by atoms with Crippen LogP contribution in [0.4, 0.5) is 0 Å². The minimum absolute atomic E-state index is 0.155. The lowest BCUT2D eigenvalue weighted by molar-refractivity contribution is 0.402. The van der Waals surface area contributed by atoms with Crippen molar-refractivity contribution in [2.75, 3.05) is 20.2 Å². The van der Waals surface area contributed by atoms with E-state index in [4.69, 9.17) is 4.74 Å². The van der Waals surface area contributed by atoms with E-state index >= 15 is 0 Å². The van der Waals surface area contributed by atoms with Gasteiger partial charge in [-0.3, -0.25) is 0 Å². The summed E-state index contributed by atoms with van der Waals surface area (Å²) in [7, 11) is -2.10. The molecule has 19 heavy (non-hydrogen) atoms. The van der Waals surface area contributed by atoms with E-state index < -0.39 is 10.0 Å². The number of sulfonamides is 1. The van der Waals surface area contributed by atoms with Gasteiger partial charge in [0, 0.05) is 17.1 Å². The largest absolute Gasteiger partial charge is 0.495 e. The summed E-state index contributed by atoms with van der Waals surface area (Å²) < 4.78 is 33.0. The van der Waals surface area contributed by atoms with Crippen LogP contribution < -0.4 is 14.8 Å². The Morgan fingerprint density at radius 3 is 2.95 bits per heavy atom. The normalized spacial score (nSPS) is 19.6. The second-order valence-corrected chi connectivity index (χ2v) is 7.09. The lowest BCUT2D eigenvalue weighted by Gasteiger charge is -2.14. The van der Waals surface area contributed by atoms with Gasteiger partial charge in [-0.15, -0.1) is 0 Å². The van der Waals surface area contributed by atoms with Crippen LogP contribution >= 0.6 is 15.9 Å². The molecule has 0 radical (unpaired) electrons. The molecule has 5 nitrogen and oxygen atoms in total. The molecule has 0 amide bonds. The number of hydrogen-bond donors (Lipinski definition) is 2. The van der Waals surface area contributed by atoms with Gasteiger partial charge in [0.05, 0.1) is 7.11 Å². The number of nitrogens with one attached hydrogen (secondary N) is 2. The van der Waals surface area contributed by atoms with E-state index in [1.54, 1.807) is 18.2 Å². The average molecular weight is 349 g/mol. The monoisotopic (exact) mass is 348 g/mol. The predicted octanol–water partition coefficient (Wildman–Crippen LogP) is 1.49. The quantitative estimate of drug-likeness (QED) is 0.845. The van der Waals surface area contributed by atoms with Crippen LogP contribution in [0.1, 0.15) is 12.8 Å². The van der Waals surface area contributed by atoms with Crippen molar-refractivity contribution in [2.45, 2.75) is 23.8 Å². The maximum absolute atomic E-state index is 12.3. The zero-order valence-electron chi connectivity index (χ0n) is 10.6. The van der Waals surface area contributed by atoms with Crippen molar-refractivity contribution >= 4 is 26.0 Å². The van der Waals surface area contributed by atoms with Gasteiger partial charge in [-0.25, -0.2) is 13.1 Å². The smallest absolute Gasteiger partial charge is 0.244 e. The highest BCUT2D eigenvalue weighted by Crippen LogP contribution is 2.27. The molecule has 2 rings (SSSR count). The maximum Gasteiger partial charge on any atom is 0.244 e. The molecule has 1 aliphatic rings. The lowest BCUT2D eigenvalue weighted by Crippen LogP contribution is -2.37. The van der Waals surface area contributed by atoms with Crippen LogP contribution in [0.3, 0.4) is 0 Å². The van der Waals surface area contributed by atoms with Crippen LogP contribution in [0.2, 0.25) is 0 Å². The zero-order valence-corrected chi connectivity index (χ0v) is 13.1. The fraction of sp³-hybridized carbons (Fsp3) is 0.500. The first-order valence-electron chi connectivity index (χ1n) is 6.09. The highest BCUT2D eigenvalue weighted by molar-refractivity contribution is 9.10. The van der Waals surface area contributed by atoms with Crippen LogP contribution in [-0.4, -0.2) is 34.7 Å². The zero-order chi connectivity index (χ0) is 13.9. The second kappa shape index (κ2) is 6.21. The van der Waals surface area contributed by atoms with Gasteiger partial charge in [-0.1, -0.05) is 15.9 Å². The third-order valence-corrected chi connectivity index (χ3v) is 5.04. The van der Waals surface area contributed by atoms with E-state index in [1.165, 1.54) is 7.11 Å². The summed E-state index contributed by atoms with van der Waals surface area (Å²) in [4.78, 5) is 0.155. The maximum atomic E-state index is 12.3. The molecule has 1 aromatic rings. The molecule has 1 fully saturated rings. The molecule has 1 heterocycles. The third-order valence-electron chi connectivity index (χ3n) is 3.10. The van der Waals surface area contributed by atoms with Crippen LogP contribution in [0.15, 0.2) is 27.6 Å². The molecule has 0 aromatic heterocycles. The Hall–Kier alpha value is -0.630. The number of ether oxygens (including phenoxy) is 1. The molecule has 0 bridgehead atoms. The van der Waals surface area contributed by atoms with E-state index in [0.717, 1.165) is 19.4 Å². The summed E-state index contributed by atoms with van der Waals surface area (Å²) in [5.41, 5.74) is 0. The molecule has 0 aliphatic carbocycles. The van der Waals surface area contributed by atoms with E-state index in [1.807, 2.05) is 0 Å². The fourth-order valence-corrected chi connectivity index (χ4v) is 3.87. The minimum atomic E-state index is -3.56. The molecular formula is C12H17BrN2O3S. The van der Waals surface area contributed by atoms with E-state index in [9.17, 15) is 8.42 Å². The topological polar surface area (TPSA) is 67.4 Å². The van der Waals surface area contributed by atoms with E-state index in [2.05, 4.69) is 26.0 Å².